The molecule has 0 bridgehead atoms. The molecule has 1 atom stereocenters. The van der Waals surface area contributed by atoms with Gasteiger partial charge in [0.2, 0.25) is 11.7 Å². The summed E-state index contributed by atoms with van der Waals surface area (Å²) in [7, 11) is 4.45. The molecule has 3 rings (SSSR count). The molecule has 0 radical (unpaired) electrons. The van der Waals surface area contributed by atoms with Gasteiger partial charge in [-0.2, -0.15) is 5.10 Å². The van der Waals surface area contributed by atoms with Gasteiger partial charge in [-0.15, -0.1) is 0 Å². The van der Waals surface area contributed by atoms with E-state index in [9.17, 15) is 9.59 Å². The molecule has 0 saturated carbocycles. The molecule has 1 heterocycles. The molecule has 0 aliphatic carbocycles. The Morgan fingerprint density at radius 3 is 2.33 bits per heavy atom. The SMILES string of the molecule is COc1cc(C(=O)Nc2ccc(C3=NNC(=O)CC3C)cc2N)cc(OC)c1OC. The van der Waals surface area contributed by atoms with Crippen molar-refractivity contribution in [1.29, 1.82) is 0 Å². The van der Waals surface area contributed by atoms with Gasteiger partial charge in [0.25, 0.3) is 5.91 Å². The topological polar surface area (TPSA) is 124 Å². The molecule has 1 aliphatic heterocycles. The molecule has 0 saturated heterocycles. The minimum atomic E-state index is -0.385. The van der Waals surface area contributed by atoms with Crippen LogP contribution in [0.3, 0.4) is 0 Å². The first-order chi connectivity index (χ1) is 14.4. The van der Waals surface area contributed by atoms with Crippen LogP contribution in [0.1, 0.15) is 29.3 Å². The fourth-order valence-corrected chi connectivity index (χ4v) is 3.24. The van der Waals surface area contributed by atoms with E-state index in [1.54, 1.807) is 30.3 Å². The lowest BCUT2D eigenvalue weighted by molar-refractivity contribution is -0.121. The predicted molar refractivity (Wildman–Crippen MR) is 113 cm³/mol. The number of carbonyl (C=O) groups excluding carboxylic acids is 2. The molecule has 2 aromatic rings. The smallest absolute Gasteiger partial charge is 0.255 e. The molecule has 2 amide bonds. The first-order valence-corrected chi connectivity index (χ1v) is 9.25. The minimum Gasteiger partial charge on any atom is -0.493 e. The van der Waals surface area contributed by atoms with Crippen LogP contribution in [-0.2, 0) is 4.79 Å². The van der Waals surface area contributed by atoms with Crippen LogP contribution in [0.2, 0.25) is 0 Å². The maximum atomic E-state index is 12.8. The minimum absolute atomic E-state index is 0.0298. The highest BCUT2D eigenvalue weighted by Gasteiger charge is 2.22. The lowest BCUT2D eigenvalue weighted by Gasteiger charge is -2.20. The average molecular weight is 412 g/mol. The van der Waals surface area contributed by atoms with Crippen LogP contribution in [0.15, 0.2) is 35.4 Å². The number of ether oxygens (including phenoxy) is 3. The van der Waals surface area contributed by atoms with Crippen LogP contribution in [-0.4, -0.2) is 38.9 Å². The lowest BCUT2D eigenvalue weighted by atomic mass is 9.93. The van der Waals surface area contributed by atoms with E-state index in [1.807, 2.05) is 6.92 Å². The standard InChI is InChI=1S/C21H24N4O5/c1-11-7-18(26)24-25-19(11)12-5-6-15(14(22)8-12)23-21(27)13-9-16(28-2)20(30-4)17(10-13)29-3/h5-6,8-11H,7,22H2,1-4H3,(H,23,27)(H,24,26). The Hall–Kier alpha value is -3.75. The summed E-state index contributed by atoms with van der Waals surface area (Å²) in [5, 5.41) is 6.92. The molecule has 2 aromatic carbocycles. The van der Waals surface area contributed by atoms with E-state index in [-0.39, 0.29) is 17.7 Å². The maximum absolute atomic E-state index is 12.8. The number of nitrogens with one attached hydrogen (secondary N) is 2. The van der Waals surface area contributed by atoms with Crippen molar-refractivity contribution < 1.29 is 23.8 Å². The van der Waals surface area contributed by atoms with Crippen molar-refractivity contribution in [3.63, 3.8) is 0 Å². The average Bonchev–Trinajstić information content (AvgIpc) is 2.74. The van der Waals surface area contributed by atoms with Gasteiger partial charge < -0.3 is 25.3 Å². The predicted octanol–water partition coefficient (Wildman–Crippen LogP) is 2.41. The second-order valence-corrected chi connectivity index (χ2v) is 6.81. The van der Waals surface area contributed by atoms with Crippen molar-refractivity contribution in [2.75, 3.05) is 32.4 Å². The van der Waals surface area contributed by atoms with E-state index < -0.39 is 0 Å². The van der Waals surface area contributed by atoms with Gasteiger partial charge in [-0.3, -0.25) is 9.59 Å². The zero-order chi connectivity index (χ0) is 21.8. The number of benzene rings is 2. The number of hydrazone groups is 1. The van der Waals surface area contributed by atoms with Gasteiger partial charge in [-0.1, -0.05) is 13.0 Å². The zero-order valence-electron chi connectivity index (χ0n) is 17.2. The van der Waals surface area contributed by atoms with Crippen LogP contribution in [0.5, 0.6) is 17.2 Å². The molecule has 1 aliphatic rings. The number of amides is 2. The molecule has 30 heavy (non-hydrogen) atoms. The third-order valence-corrected chi connectivity index (χ3v) is 4.78. The van der Waals surface area contributed by atoms with E-state index in [1.165, 1.54) is 21.3 Å². The number of nitrogen functional groups attached to an aromatic ring is 1. The Morgan fingerprint density at radius 2 is 1.80 bits per heavy atom. The van der Waals surface area contributed by atoms with Crippen LogP contribution < -0.4 is 30.7 Å². The fraction of sp³-hybridized carbons (Fsp3) is 0.286. The van der Waals surface area contributed by atoms with E-state index in [0.717, 1.165) is 11.3 Å². The zero-order valence-corrected chi connectivity index (χ0v) is 17.2. The first kappa shape index (κ1) is 21.0. The van der Waals surface area contributed by atoms with Gasteiger partial charge in [0.15, 0.2) is 11.5 Å². The van der Waals surface area contributed by atoms with Crippen molar-refractivity contribution in [3.8, 4) is 17.2 Å². The van der Waals surface area contributed by atoms with Gasteiger partial charge in [0.05, 0.1) is 38.4 Å². The Balaban J connectivity index is 1.85. The van der Waals surface area contributed by atoms with Gasteiger partial charge in [-0.25, -0.2) is 5.43 Å². The van der Waals surface area contributed by atoms with E-state index in [2.05, 4.69) is 15.8 Å². The number of carbonyl (C=O) groups is 2. The lowest BCUT2D eigenvalue weighted by Crippen LogP contribution is -2.32. The number of hydrogen-bond donors (Lipinski definition) is 3. The second-order valence-electron chi connectivity index (χ2n) is 6.81. The first-order valence-electron chi connectivity index (χ1n) is 9.25. The molecule has 4 N–H and O–H groups in total. The third-order valence-electron chi connectivity index (χ3n) is 4.78. The van der Waals surface area contributed by atoms with Crippen LogP contribution >= 0.6 is 0 Å². The van der Waals surface area contributed by atoms with Crippen molar-refractivity contribution in [3.05, 3.63) is 41.5 Å². The fourth-order valence-electron chi connectivity index (χ4n) is 3.24. The van der Waals surface area contributed by atoms with Gasteiger partial charge in [0, 0.05) is 23.5 Å². The highest BCUT2D eigenvalue weighted by Crippen LogP contribution is 2.38. The van der Waals surface area contributed by atoms with Gasteiger partial charge >= 0.3 is 0 Å². The van der Waals surface area contributed by atoms with Crippen LogP contribution in [0.25, 0.3) is 0 Å². The molecule has 9 nitrogen and oxygen atoms in total. The molecule has 0 aromatic heterocycles. The summed E-state index contributed by atoms with van der Waals surface area (Å²) in [5.41, 5.74) is 11.3. The molecule has 9 heteroatoms. The normalized spacial score (nSPS) is 15.7. The Bertz CT molecular complexity index is 993. The second kappa shape index (κ2) is 8.73. The molecule has 0 fully saturated rings. The van der Waals surface area contributed by atoms with Crippen molar-refractivity contribution in [2.45, 2.75) is 13.3 Å². The summed E-state index contributed by atoms with van der Waals surface area (Å²) in [6, 6.07) is 8.34. The summed E-state index contributed by atoms with van der Waals surface area (Å²) in [6.45, 7) is 1.92. The maximum Gasteiger partial charge on any atom is 0.255 e. The quantitative estimate of drug-likeness (QED) is 0.626. The Labute approximate surface area is 174 Å². The number of nitrogens with two attached hydrogens (primary N) is 1. The molecule has 0 spiro atoms. The van der Waals surface area contributed by atoms with Crippen molar-refractivity contribution in [2.24, 2.45) is 11.0 Å². The third kappa shape index (κ3) is 4.14. The van der Waals surface area contributed by atoms with E-state index >= 15 is 0 Å². The van der Waals surface area contributed by atoms with Crippen LogP contribution in [0.4, 0.5) is 11.4 Å². The monoisotopic (exact) mass is 412 g/mol. The highest BCUT2D eigenvalue weighted by atomic mass is 16.5. The Kier molecular flexibility index (Phi) is 6.10. The number of anilines is 2. The molecular weight excluding hydrogens is 388 g/mol. The molecule has 158 valence electrons. The summed E-state index contributed by atoms with van der Waals surface area (Å²) < 4.78 is 15.9. The van der Waals surface area contributed by atoms with Gasteiger partial charge in [-0.05, 0) is 24.3 Å². The summed E-state index contributed by atoms with van der Waals surface area (Å²) in [4.78, 5) is 24.2. The molecular formula is C21H24N4O5. The number of nitrogens with zero attached hydrogens (tertiary/aromatic N) is 1. The number of methoxy groups -OCH3 is 3. The number of hydrogen-bond acceptors (Lipinski definition) is 7. The summed E-state index contributed by atoms with van der Waals surface area (Å²) >= 11 is 0. The van der Waals surface area contributed by atoms with E-state index in [0.29, 0.717) is 40.6 Å². The molecule has 1 unspecified atom stereocenters. The summed E-state index contributed by atoms with van der Waals surface area (Å²) in [6.07, 6.45) is 0.359. The van der Waals surface area contributed by atoms with Crippen molar-refractivity contribution in [1.82, 2.24) is 5.43 Å². The highest BCUT2D eigenvalue weighted by molar-refractivity contribution is 6.09. The summed E-state index contributed by atoms with van der Waals surface area (Å²) in [5.74, 6) is 0.610. The van der Waals surface area contributed by atoms with Crippen molar-refractivity contribution >= 4 is 28.9 Å². The Morgan fingerprint density at radius 1 is 1.13 bits per heavy atom. The largest absolute Gasteiger partial charge is 0.493 e. The van der Waals surface area contributed by atoms with Gasteiger partial charge in [0.1, 0.15) is 0 Å². The van der Waals surface area contributed by atoms with E-state index in [4.69, 9.17) is 19.9 Å². The number of rotatable bonds is 6. The van der Waals surface area contributed by atoms with Crippen LogP contribution in [0, 0.1) is 5.92 Å².